The molecule has 3 heterocycles. The largest absolute Gasteiger partial charge is 0.480 e. The fourth-order valence-corrected chi connectivity index (χ4v) is 4.50. The van der Waals surface area contributed by atoms with Gasteiger partial charge in [0.05, 0.1) is 5.69 Å². The highest BCUT2D eigenvalue weighted by Gasteiger charge is 2.61. The van der Waals surface area contributed by atoms with E-state index in [0.29, 0.717) is 25.1 Å². The predicted octanol–water partition coefficient (Wildman–Crippen LogP) is 2.70. The Morgan fingerprint density at radius 3 is 2.70 bits per heavy atom. The number of H-pyrrole nitrogens is 1. The number of carboxylic acids is 1. The maximum absolute atomic E-state index is 13.5. The van der Waals surface area contributed by atoms with E-state index in [0.717, 1.165) is 21.4 Å². The van der Waals surface area contributed by atoms with E-state index in [9.17, 15) is 19.5 Å². The molecule has 27 heavy (non-hydrogen) atoms. The lowest BCUT2D eigenvalue weighted by Crippen LogP contribution is -2.50. The molecular formula is C20H23N3O4. The van der Waals surface area contributed by atoms with Gasteiger partial charge in [0.25, 0.3) is 5.91 Å². The van der Waals surface area contributed by atoms with Gasteiger partial charge in [-0.3, -0.25) is 4.79 Å². The fourth-order valence-electron chi connectivity index (χ4n) is 4.50. The van der Waals surface area contributed by atoms with Crippen LogP contribution >= 0.6 is 0 Å². The van der Waals surface area contributed by atoms with Crippen molar-refractivity contribution in [1.82, 2.24) is 14.8 Å². The van der Waals surface area contributed by atoms with Gasteiger partial charge in [-0.05, 0) is 30.9 Å². The van der Waals surface area contributed by atoms with Crippen LogP contribution in [0.15, 0.2) is 24.3 Å². The van der Waals surface area contributed by atoms with Crippen molar-refractivity contribution >= 4 is 28.8 Å². The SMILES string of the molecule is CC[C@H](C)[C@@H](C(=O)O)N1C(=O)N2CCc3c([nH]c4ccccc34)[C@@]2(C)C1=O. The van der Waals surface area contributed by atoms with E-state index in [1.165, 1.54) is 4.90 Å². The quantitative estimate of drug-likeness (QED) is 0.810. The summed E-state index contributed by atoms with van der Waals surface area (Å²) >= 11 is 0. The number of carboxylic acid groups (broad SMARTS) is 1. The summed E-state index contributed by atoms with van der Waals surface area (Å²) in [6.45, 7) is 5.72. The van der Waals surface area contributed by atoms with Gasteiger partial charge >= 0.3 is 12.0 Å². The number of hydrogen-bond acceptors (Lipinski definition) is 3. The molecular weight excluding hydrogens is 346 g/mol. The van der Waals surface area contributed by atoms with Crippen LogP contribution < -0.4 is 0 Å². The lowest BCUT2D eigenvalue weighted by molar-refractivity contribution is -0.150. The van der Waals surface area contributed by atoms with Crippen molar-refractivity contribution in [1.29, 1.82) is 0 Å². The number of amides is 3. The van der Waals surface area contributed by atoms with Crippen molar-refractivity contribution in [3.63, 3.8) is 0 Å². The van der Waals surface area contributed by atoms with Crippen LogP contribution in [0.3, 0.4) is 0 Å². The molecule has 1 aromatic carbocycles. The Hall–Kier alpha value is -2.83. The van der Waals surface area contributed by atoms with Crippen LogP contribution in [0.4, 0.5) is 4.79 Å². The standard InChI is InChI=1S/C20H23N3O4/c1-4-11(2)15(17(24)25)23-18(26)20(3)16-13(9-10-22(20)19(23)27)12-7-5-6-8-14(12)21-16/h5-8,11,15,21H,4,9-10H2,1-3H3,(H,24,25)/t11-,15-,20-/m0/s1. The normalized spacial score (nSPS) is 24.1. The van der Waals surface area contributed by atoms with Gasteiger partial charge in [-0.15, -0.1) is 0 Å². The first-order valence-corrected chi connectivity index (χ1v) is 9.30. The lowest BCUT2D eigenvalue weighted by Gasteiger charge is -2.36. The average molecular weight is 369 g/mol. The highest BCUT2D eigenvalue weighted by atomic mass is 16.4. The number of para-hydroxylation sites is 1. The minimum Gasteiger partial charge on any atom is -0.480 e. The molecule has 7 nitrogen and oxygen atoms in total. The summed E-state index contributed by atoms with van der Waals surface area (Å²) < 4.78 is 0. The van der Waals surface area contributed by atoms with Crippen LogP contribution in [-0.2, 0) is 21.5 Å². The van der Waals surface area contributed by atoms with E-state index in [-0.39, 0.29) is 5.92 Å². The number of aliphatic carboxylic acids is 1. The Bertz CT molecular complexity index is 965. The van der Waals surface area contributed by atoms with Gasteiger partial charge in [-0.1, -0.05) is 38.5 Å². The zero-order valence-electron chi connectivity index (χ0n) is 15.7. The fraction of sp³-hybridized carbons (Fsp3) is 0.450. The number of aromatic amines is 1. The summed E-state index contributed by atoms with van der Waals surface area (Å²) in [6.07, 6.45) is 1.19. The highest BCUT2D eigenvalue weighted by Crippen LogP contribution is 2.45. The monoisotopic (exact) mass is 369 g/mol. The Kier molecular flexibility index (Phi) is 3.80. The molecule has 0 aliphatic carbocycles. The lowest BCUT2D eigenvalue weighted by atomic mass is 9.86. The number of rotatable bonds is 4. The smallest absolute Gasteiger partial charge is 0.328 e. The summed E-state index contributed by atoms with van der Waals surface area (Å²) in [5, 5.41) is 10.8. The molecule has 3 atom stereocenters. The summed E-state index contributed by atoms with van der Waals surface area (Å²) in [4.78, 5) is 44.3. The Morgan fingerprint density at radius 2 is 2.04 bits per heavy atom. The van der Waals surface area contributed by atoms with E-state index >= 15 is 0 Å². The summed E-state index contributed by atoms with van der Waals surface area (Å²) in [5.41, 5.74) is 1.44. The summed E-state index contributed by atoms with van der Waals surface area (Å²) in [7, 11) is 0. The number of imide groups is 1. The highest BCUT2D eigenvalue weighted by molar-refractivity contribution is 6.10. The minimum atomic E-state index is -1.20. The van der Waals surface area contributed by atoms with Gasteiger partial charge in [-0.2, -0.15) is 0 Å². The van der Waals surface area contributed by atoms with Crippen LogP contribution in [0.1, 0.15) is 38.4 Å². The Morgan fingerprint density at radius 1 is 1.33 bits per heavy atom. The van der Waals surface area contributed by atoms with Crippen LogP contribution in [0.5, 0.6) is 0 Å². The Labute approximate surface area is 156 Å². The third-order valence-corrected chi connectivity index (χ3v) is 6.21. The third kappa shape index (κ3) is 2.17. The van der Waals surface area contributed by atoms with Gasteiger partial charge in [0.1, 0.15) is 6.04 Å². The van der Waals surface area contributed by atoms with Crippen molar-refractivity contribution in [2.45, 2.75) is 45.2 Å². The summed E-state index contributed by atoms with van der Waals surface area (Å²) in [6, 6.07) is 6.14. The van der Waals surface area contributed by atoms with E-state index < -0.39 is 29.5 Å². The number of nitrogens with one attached hydrogen (secondary N) is 1. The third-order valence-electron chi connectivity index (χ3n) is 6.21. The molecule has 2 N–H and O–H groups in total. The minimum absolute atomic E-state index is 0.331. The number of carbonyl (C=O) groups excluding carboxylic acids is 2. The zero-order chi connectivity index (χ0) is 19.5. The molecule has 1 fully saturated rings. The van der Waals surface area contributed by atoms with Gasteiger partial charge in [0.2, 0.25) is 0 Å². The molecule has 3 amide bonds. The molecule has 1 aromatic heterocycles. The molecule has 2 aliphatic rings. The van der Waals surface area contributed by atoms with Crippen molar-refractivity contribution in [2.24, 2.45) is 5.92 Å². The molecule has 0 radical (unpaired) electrons. The zero-order valence-corrected chi connectivity index (χ0v) is 15.7. The number of benzene rings is 1. The first kappa shape index (κ1) is 17.6. The van der Waals surface area contributed by atoms with Crippen molar-refractivity contribution < 1.29 is 19.5 Å². The van der Waals surface area contributed by atoms with Crippen molar-refractivity contribution in [2.75, 3.05) is 6.54 Å². The first-order valence-electron chi connectivity index (χ1n) is 9.30. The molecule has 7 heteroatoms. The maximum atomic E-state index is 13.5. The van der Waals surface area contributed by atoms with Crippen LogP contribution in [0.25, 0.3) is 10.9 Å². The number of aromatic nitrogens is 1. The molecule has 1 saturated heterocycles. The number of urea groups is 1. The maximum Gasteiger partial charge on any atom is 0.328 e. The van der Waals surface area contributed by atoms with Gasteiger partial charge < -0.3 is 15.0 Å². The molecule has 0 unspecified atom stereocenters. The second-order valence-electron chi connectivity index (χ2n) is 7.62. The summed E-state index contributed by atoms with van der Waals surface area (Å²) in [5.74, 6) is -1.94. The molecule has 0 saturated carbocycles. The second kappa shape index (κ2) is 5.84. The molecule has 4 rings (SSSR count). The van der Waals surface area contributed by atoms with E-state index in [1.54, 1.807) is 13.8 Å². The Balaban J connectivity index is 1.87. The van der Waals surface area contributed by atoms with Gasteiger partial charge in [0, 0.05) is 17.4 Å². The molecule has 0 spiro atoms. The molecule has 0 bridgehead atoms. The van der Waals surface area contributed by atoms with Crippen LogP contribution in [0, 0.1) is 5.92 Å². The molecule has 2 aliphatic heterocycles. The van der Waals surface area contributed by atoms with Crippen molar-refractivity contribution in [3.05, 3.63) is 35.5 Å². The second-order valence-corrected chi connectivity index (χ2v) is 7.62. The topological polar surface area (TPSA) is 93.7 Å². The van der Waals surface area contributed by atoms with Crippen molar-refractivity contribution in [3.8, 4) is 0 Å². The molecule has 142 valence electrons. The van der Waals surface area contributed by atoms with E-state index in [1.807, 2.05) is 31.2 Å². The van der Waals surface area contributed by atoms with Gasteiger partial charge in [0.15, 0.2) is 5.54 Å². The number of hydrogen-bond donors (Lipinski definition) is 2. The molecule has 2 aromatic rings. The van der Waals surface area contributed by atoms with Gasteiger partial charge in [-0.25, -0.2) is 14.5 Å². The first-order chi connectivity index (χ1) is 12.8. The predicted molar refractivity (Wildman–Crippen MR) is 99.2 cm³/mol. The van der Waals surface area contributed by atoms with E-state index in [2.05, 4.69) is 4.98 Å². The number of fused-ring (bicyclic) bond motifs is 5. The van der Waals surface area contributed by atoms with E-state index in [4.69, 9.17) is 0 Å². The average Bonchev–Trinajstić information content (AvgIpc) is 3.12. The number of carbonyl (C=O) groups is 3. The van der Waals surface area contributed by atoms with Crippen LogP contribution in [0.2, 0.25) is 0 Å². The number of nitrogens with zero attached hydrogens (tertiary/aromatic N) is 2. The van der Waals surface area contributed by atoms with Crippen LogP contribution in [-0.4, -0.2) is 50.4 Å².